The van der Waals surface area contributed by atoms with Crippen LogP contribution in [0.5, 0.6) is 0 Å². The molecule has 0 radical (unpaired) electrons. The average molecular weight is 438 g/mol. The molecular weight excluding hydrogens is 412 g/mol. The second-order valence-electron chi connectivity index (χ2n) is 8.10. The van der Waals surface area contributed by atoms with E-state index in [1.807, 2.05) is 19.1 Å². The van der Waals surface area contributed by atoms with Crippen LogP contribution in [0.15, 0.2) is 40.1 Å². The minimum absolute atomic E-state index is 0.215. The van der Waals surface area contributed by atoms with Gasteiger partial charge in [0.1, 0.15) is 5.52 Å². The number of rotatable bonds is 4. The summed E-state index contributed by atoms with van der Waals surface area (Å²) in [7, 11) is 1.67. The number of H-pyrrole nitrogens is 1. The van der Waals surface area contributed by atoms with E-state index in [9.17, 15) is 19.2 Å². The fraction of sp³-hybridized carbons (Fsp3) is 0.391. The van der Waals surface area contributed by atoms with Gasteiger partial charge >= 0.3 is 11.7 Å². The summed E-state index contributed by atoms with van der Waals surface area (Å²) in [6, 6.07) is 7.07. The average Bonchev–Trinajstić information content (AvgIpc) is 3.11. The van der Waals surface area contributed by atoms with E-state index in [0.717, 1.165) is 10.1 Å². The molecule has 1 aliphatic heterocycles. The maximum absolute atomic E-state index is 13.2. The first kappa shape index (κ1) is 21.6. The molecule has 9 nitrogen and oxygen atoms in total. The summed E-state index contributed by atoms with van der Waals surface area (Å²) in [6.45, 7) is 4.84. The molecule has 0 spiro atoms. The highest BCUT2D eigenvalue weighted by atomic mass is 16.5. The van der Waals surface area contributed by atoms with E-state index >= 15 is 0 Å². The SMILES string of the molecule is CCOC(=O)C1CCN(C(=O)c2cn(C)c3c(=O)n(-c4ccc(C)cc4)c(=O)[nH]c23)CC1. The van der Waals surface area contributed by atoms with Crippen molar-refractivity contribution in [3.63, 3.8) is 0 Å². The van der Waals surface area contributed by atoms with Crippen LogP contribution in [0, 0.1) is 12.8 Å². The summed E-state index contributed by atoms with van der Waals surface area (Å²) in [6.07, 6.45) is 2.61. The second kappa shape index (κ2) is 8.49. The van der Waals surface area contributed by atoms with Gasteiger partial charge in [-0.2, -0.15) is 0 Å². The predicted octanol–water partition coefficient (Wildman–Crippen LogP) is 1.74. The number of hydrogen-bond donors (Lipinski definition) is 1. The van der Waals surface area contributed by atoms with Crippen LogP contribution < -0.4 is 11.2 Å². The fourth-order valence-electron chi connectivity index (χ4n) is 4.21. The number of fused-ring (bicyclic) bond motifs is 1. The summed E-state index contributed by atoms with van der Waals surface area (Å²) in [5.41, 5.74) is 1.11. The van der Waals surface area contributed by atoms with Gasteiger partial charge in [0.05, 0.1) is 29.3 Å². The smallest absolute Gasteiger partial charge is 0.333 e. The highest BCUT2D eigenvalue weighted by Crippen LogP contribution is 2.23. The number of carbonyl (C=O) groups excluding carboxylic acids is 2. The number of aromatic nitrogens is 3. The molecule has 2 aromatic heterocycles. The van der Waals surface area contributed by atoms with Crippen LogP contribution in [-0.2, 0) is 16.6 Å². The highest BCUT2D eigenvalue weighted by Gasteiger charge is 2.30. The number of aromatic amines is 1. The zero-order valence-electron chi connectivity index (χ0n) is 18.4. The lowest BCUT2D eigenvalue weighted by atomic mass is 9.96. The van der Waals surface area contributed by atoms with Crippen molar-refractivity contribution < 1.29 is 14.3 Å². The molecule has 0 bridgehead atoms. The van der Waals surface area contributed by atoms with Crippen molar-refractivity contribution in [3.8, 4) is 5.69 Å². The highest BCUT2D eigenvalue weighted by molar-refractivity contribution is 6.05. The Morgan fingerprint density at radius 2 is 1.78 bits per heavy atom. The Bertz CT molecular complexity index is 1290. The van der Waals surface area contributed by atoms with Crippen LogP contribution >= 0.6 is 0 Å². The summed E-state index contributed by atoms with van der Waals surface area (Å²) >= 11 is 0. The molecule has 3 heterocycles. The Hall–Kier alpha value is -3.62. The van der Waals surface area contributed by atoms with Crippen molar-refractivity contribution >= 4 is 22.9 Å². The molecule has 1 aromatic carbocycles. The number of amides is 1. The minimum atomic E-state index is -0.604. The van der Waals surface area contributed by atoms with Gasteiger partial charge in [0.15, 0.2) is 0 Å². The summed E-state index contributed by atoms with van der Waals surface area (Å²) in [5.74, 6) is -0.722. The van der Waals surface area contributed by atoms with Crippen molar-refractivity contribution in [2.45, 2.75) is 26.7 Å². The molecule has 3 aromatic rings. The quantitative estimate of drug-likeness (QED) is 0.625. The lowest BCUT2D eigenvalue weighted by molar-refractivity contribution is -0.149. The molecule has 1 N–H and O–H groups in total. The molecule has 0 atom stereocenters. The number of ether oxygens (including phenoxy) is 1. The van der Waals surface area contributed by atoms with Gasteiger partial charge in [0.25, 0.3) is 11.5 Å². The topological polar surface area (TPSA) is 106 Å². The van der Waals surface area contributed by atoms with Crippen LogP contribution in [0.3, 0.4) is 0 Å². The Morgan fingerprint density at radius 3 is 2.41 bits per heavy atom. The second-order valence-corrected chi connectivity index (χ2v) is 8.10. The first-order valence-corrected chi connectivity index (χ1v) is 10.7. The van der Waals surface area contributed by atoms with Gasteiger partial charge in [-0.05, 0) is 38.8 Å². The van der Waals surface area contributed by atoms with Crippen molar-refractivity contribution in [3.05, 3.63) is 62.4 Å². The number of esters is 1. The van der Waals surface area contributed by atoms with Crippen LogP contribution in [0.4, 0.5) is 0 Å². The molecule has 0 aliphatic carbocycles. The summed E-state index contributed by atoms with van der Waals surface area (Å²) in [4.78, 5) is 55.5. The number of carbonyl (C=O) groups is 2. The third kappa shape index (κ3) is 3.74. The van der Waals surface area contributed by atoms with E-state index in [4.69, 9.17) is 4.74 Å². The van der Waals surface area contributed by atoms with Crippen molar-refractivity contribution in [1.29, 1.82) is 0 Å². The van der Waals surface area contributed by atoms with E-state index in [1.165, 1.54) is 0 Å². The maximum Gasteiger partial charge on any atom is 0.333 e. The third-order valence-electron chi connectivity index (χ3n) is 5.95. The van der Waals surface area contributed by atoms with E-state index in [1.54, 1.807) is 41.8 Å². The molecule has 1 fully saturated rings. The van der Waals surface area contributed by atoms with E-state index in [2.05, 4.69) is 4.98 Å². The van der Waals surface area contributed by atoms with Crippen LogP contribution in [0.2, 0.25) is 0 Å². The molecule has 0 saturated carbocycles. The van der Waals surface area contributed by atoms with E-state index in [0.29, 0.717) is 38.2 Å². The Balaban J connectivity index is 1.67. The fourth-order valence-corrected chi connectivity index (χ4v) is 4.21. The normalized spacial score (nSPS) is 14.7. The molecule has 9 heteroatoms. The zero-order chi connectivity index (χ0) is 23.0. The predicted molar refractivity (Wildman–Crippen MR) is 119 cm³/mol. The number of piperidine rings is 1. The molecule has 0 unspecified atom stereocenters. The van der Waals surface area contributed by atoms with Gasteiger partial charge in [-0.25, -0.2) is 9.36 Å². The van der Waals surface area contributed by atoms with Crippen LogP contribution in [0.1, 0.15) is 35.7 Å². The van der Waals surface area contributed by atoms with Gasteiger partial charge < -0.3 is 19.2 Å². The molecule has 32 heavy (non-hydrogen) atoms. The number of benzene rings is 1. The first-order valence-electron chi connectivity index (χ1n) is 10.7. The number of nitrogens with zero attached hydrogens (tertiary/aromatic N) is 3. The standard InChI is InChI=1S/C23H26N4O5/c1-4-32-22(30)15-9-11-26(12-10-15)20(28)17-13-25(3)19-18(17)24-23(31)27(21(19)29)16-7-5-14(2)6-8-16/h5-8,13,15H,4,9-12H2,1-3H3,(H,24,31). The summed E-state index contributed by atoms with van der Waals surface area (Å²) in [5, 5.41) is 0. The molecular formula is C23H26N4O5. The Kier molecular flexibility index (Phi) is 5.73. The first-order chi connectivity index (χ1) is 15.3. The molecule has 1 saturated heterocycles. The molecule has 1 amide bonds. The molecule has 1 aliphatic rings. The van der Waals surface area contributed by atoms with E-state index in [-0.39, 0.29) is 34.4 Å². The zero-order valence-corrected chi connectivity index (χ0v) is 18.4. The lowest BCUT2D eigenvalue weighted by Crippen LogP contribution is -2.41. The van der Waals surface area contributed by atoms with Gasteiger partial charge in [0, 0.05) is 26.3 Å². The molecule has 4 rings (SSSR count). The monoisotopic (exact) mass is 438 g/mol. The van der Waals surface area contributed by atoms with Gasteiger partial charge in [-0.3, -0.25) is 14.4 Å². The number of hydrogen-bond acceptors (Lipinski definition) is 5. The maximum atomic E-state index is 13.2. The van der Waals surface area contributed by atoms with Crippen molar-refractivity contribution in [2.24, 2.45) is 13.0 Å². The van der Waals surface area contributed by atoms with E-state index < -0.39 is 11.2 Å². The minimum Gasteiger partial charge on any atom is -0.466 e. The number of aryl methyl sites for hydroxylation is 2. The van der Waals surface area contributed by atoms with Crippen molar-refractivity contribution in [2.75, 3.05) is 19.7 Å². The molecule has 168 valence electrons. The lowest BCUT2D eigenvalue weighted by Gasteiger charge is -2.30. The Morgan fingerprint density at radius 1 is 1.12 bits per heavy atom. The summed E-state index contributed by atoms with van der Waals surface area (Å²) < 4.78 is 7.72. The largest absolute Gasteiger partial charge is 0.466 e. The van der Waals surface area contributed by atoms with Gasteiger partial charge in [-0.15, -0.1) is 0 Å². The van der Waals surface area contributed by atoms with Gasteiger partial charge in [0.2, 0.25) is 0 Å². The number of nitrogens with one attached hydrogen (secondary N) is 1. The van der Waals surface area contributed by atoms with Crippen LogP contribution in [-0.4, -0.2) is 50.6 Å². The number of likely N-dealkylation sites (tertiary alicyclic amines) is 1. The van der Waals surface area contributed by atoms with Gasteiger partial charge in [-0.1, -0.05) is 17.7 Å². The van der Waals surface area contributed by atoms with Crippen LogP contribution in [0.25, 0.3) is 16.7 Å². The Labute approximate surface area is 184 Å². The third-order valence-corrected chi connectivity index (χ3v) is 5.95. The van der Waals surface area contributed by atoms with Crippen molar-refractivity contribution in [1.82, 2.24) is 19.0 Å².